The van der Waals surface area contributed by atoms with Crippen molar-refractivity contribution in [3.05, 3.63) is 34.0 Å². The summed E-state index contributed by atoms with van der Waals surface area (Å²) in [5.74, 6) is -3.64. The molecule has 0 radical (unpaired) electrons. The number of carboxylic acids is 1. The van der Waals surface area contributed by atoms with E-state index in [0.717, 1.165) is 15.9 Å². The zero-order valence-corrected chi connectivity index (χ0v) is 19.2. The number of hydrogen-bond donors (Lipinski definition) is 5. The number of oxime groups is 1. The molecule has 2 aromatic rings. The average Bonchev–Trinajstić information content (AvgIpc) is 3.32. The van der Waals surface area contributed by atoms with Crippen LogP contribution in [0.25, 0.3) is 0 Å². The van der Waals surface area contributed by atoms with E-state index in [4.69, 9.17) is 10.6 Å². The topological polar surface area (TPSA) is 239 Å². The van der Waals surface area contributed by atoms with E-state index in [0.29, 0.717) is 0 Å². The van der Waals surface area contributed by atoms with Crippen LogP contribution < -0.4 is 16.7 Å². The quantitative estimate of drug-likeness (QED) is 0.105. The van der Waals surface area contributed by atoms with Gasteiger partial charge in [-0.05, 0) is 13.8 Å². The first-order chi connectivity index (χ1) is 15.7. The molecule has 3 heterocycles. The Morgan fingerprint density at radius 1 is 1.41 bits per heavy atom. The van der Waals surface area contributed by atoms with Crippen molar-refractivity contribution in [3.63, 3.8) is 0 Å². The third-order valence-electron chi connectivity index (χ3n) is 4.67. The predicted molar refractivity (Wildman–Crippen MR) is 115 cm³/mol. The zero-order chi connectivity index (χ0) is 25.4. The summed E-state index contributed by atoms with van der Waals surface area (Å²) >= 11 is 0.943. The third kappa shape index (κ3) is 4.92. The molecule has 1 aliphatic rings. The van der Waals surface area contributed by atoms with Gasteiger partial charge in [0.25, 0.3) is 11.8 Å². The Morgan fingerprint density at radius 2 is 2.09 bits per heavy atom. The molecule has 6 N–H and O–H groups in total. The SMILES string of the molecule is CC(C)(ON=C(C(=O)N[C@@H]1C(=O)N(S(=O)(=O)O)[C@H]1Cn1cc[nH]c1=O)c1csc(N)n1)C(=O)O. The number of aliphatic carboxylic acids is 1. The van der Waals surface area contributed by atoms with Gasteiger partial charge < -0.3 is 26.0 Å². The summed E-state index contributed by atoms with van der Waals surface area (Å²) in [4.78, 5) is 59.7. The summed E-state index contributed by atoms with van der Waals surface area (Å²) in [6.07, 6.45) is 2.55. The molecule has 0 aliphatic carbocycles. The number of nitrogen functional groups attached to an aromatic ring is 1. The van der Waals surface area contributed by atoms with Crippen LogP contribution >= 0.6 is 11.3 Å². The van der Waals surface area contributed by atoms with Crippen LogP contribution in [0, 0.1) is 0 Å². The van der Waals surface area contributed by atoms with Gasteiger partial charge in [0.2, 0.25) is 5.60 Å². The van der Waals surface area contributed by atoms with Gasteiger partial charge in [0, 0.05) is 17.8 Å². The standard InChI is InChI=1S/C16H19N7O9S2/c1-16(2,13(26)27)32-21-9(7-6-33-14(17)19-7)11(24)20-10-8(5-22-4-3-18-15(22)28)23(12(10)25)34(29,30)31/h3-4,6,8,10H,5H2,1-2H3,(H2,17,19)(H,18,28)(H,20,24)(H,26,27)(H,29,30,31)/t8-,10-/m0/s1. The number of carbonyl (C=O) groups is 3. The van der Waals surface area contributed by atoms with Crippen molar-refractivity contribution in [2.24, 2.45) is 5.16 Å². The Hall–Kier alpha value is -3.77. The van der Waals surface area contributed by atoms with Crippen LogP contribution in [0.5, 0.6) is 0 Å². The molecule has 3 rings (SSSR count). The summed E-state index contributed by atoms with van der Waals surface area (Å²) in [5.41, 5.74) is 2.48. The van der Waals surface area contributed by atoms with Crippen LogP contribution in [0.15, 0.2) is 27.7 Å². The lowest BCUT2D eigenvalue weighted by molar-refractivity contribution is -0.161. The van der Waals surface area contributed by atoms with Crippen LogP contribution in [-0.4, -0.2) is 78.1 Å². The second kappa shape index (κ2) is 8.88. The molecule has 184 valence electrons. The molecule has 2 amide bonds. The van der Waals surface area contributed by atoms with Crippen molar-refractivity contribution in [1.29, 1.82) is 0 Å². The van der Waals surface area contributed by atoms with Crippen LogP contribution in [0.4, 0.5) is 5.13 Å². The minimum Gasteiger partial charge on any atom is -0.478 e. The highest BCUT2D eigenvalue weighted by Crippen LogP contribution is 2.25. The normalized spacial score (nSPS) is 19.0. The fraction of sp³-hybridized carbons (Fsp3) is 0.375. The number of rotatable bonds is 9. The van der Waals surface area contributed by atoms with E-state index in [1.165, 1.54) is 31.6 Å². The van der Waals surface area contributed by atoms with E-state index in [1.54, 1.807) is 0 Å². The van der Waals surface area contributed by atoms with Crippen molar-refractivity contribution in [2.45, 2.75) is 38.1 Å². The Morgan fingerprint density at radius 3 is 2.59 bits per heavy atom. The number of carbonyl (C=O) groups excluding carboxylic acids is 2. The lowest BCUT2D eigenvalue weighted by Gasteiger charge is -2.44. The van der Waals surface area contributed by atoms with E-state index in [1.807, 2.05) is 0 Å². The molecular formula is C16H19N7O9S2. The van der Waals surface area contributed by atoms with Gasteiger partial charge in [-0.3, -0.25) is 18.7 Å². The van der Waals surface area contributed by atoms with Gasteiger partial charge in [0.1, 0.15) is 11.7 Å². The first-order valence-electron chi connectivity index (χ1n) is 9.28. The zero-order valence-electron chi connectivity index (χ0n) is 17.5. The van der Waals surface area contributed by atoms with E-state index in [-0.39, 0.29) is 15.1 Å². The molecule has 0 aromatic carbocycles. The van der Waals surface area contributed by atoms with E-state index in [9.17, 15) is 37.3 Å². The van der Waals surface area contributed by atoms with E-state index >= 15 is 0 Å². The molecule has 2 atom stereocenters. The Kier molecular flexibility index (Phi) is 6.49. The number of imidazole rings is 1. The molecule has 1 fully saturated rings. The molecular weight excluding hydrogens is 498 g/mol. The van der Waals surface area contributed by atoms with Crippen LogP contribution in [0.1, 0.15) is 19.5 Å². The Bertz CT molecular complexity index is 1320. The number of carboxylic acid groups (broad SMARTS) is 1. The number of anilines is 1. The van der Waals surface area contributed by atoms with E-state index in [2.05, 4.69) is 20.4 Å². The number of nitrogens with zero attached hydrogens (tertiary/aromatic N) is 4. The smallest absolute Gasteiger partial charge is 0.362 e. The minimum atomic E-state index is -5.00. The van der Waals surface area contributed by atoms with E-state index < -0.39 is 63.7 Å². The van der Waals surface area contributed by atoms with Crippen molar-refractivity contribution < 1.29 is 37.3 Å². The molecule has 1 saturated heterocycles. The molecule has 18 heteroatoms. The summed E-state index contributed by atoms with van der Waals surface area (Å²) in [6, 6.07) is -2.86. The summed E-state index contributed by atoms with van der Waals surface area (Å²) in [5, 5.41) is 16.4. The van der Waals surface area contributed by atoms with Crippen LogP contribution in [0.2, 0.25) is 0 Å². The molecule has 34 heavy (non-hydrogen) atoms. The van der Waals surface area contributed by atoms with Gasteiger partial charge in [0.15, 0.2) is 10.8 Å². The number of amides is 2. The van der Waals surface area contributed by atoms with Crippen molar-refractivity contribution in [3.8, 4) is 0 Å². The molecule has 0 bridgehead atoms. The maximum atomic E-state index is 13.0. The highest BCUT2D eigenvalue weighted by atomic mass is 32.2. The average molecular weight is 518 g/mol. The van der Waals surface area contributed by atoms with Gasteiger partial charge in [0.05, 0.1) is 12.6 Å². The Labute approximate surface area is 194 Å². The fourth-order valence-corrected chi connectivity index (χ4v) is 4.26. The number of hydrogen-bond acceptors (Lipinski definition) is 11. The number of aromatic amines is 1. The predicted octanol–water partition coefficient (Wildman–Crippen LogP) is -2.00. The number of nitrogens with one attached hydrogen (secondary N) is 2. The van der Waals surface area contributed by atoms with Crippen LogP contribution in [-0.2, 0) is 36.1 Å². The lowest BCUT2D eigenvalue weighted by Crippen LogP contribution is -2.73. The highest BCUT2D eigenvalue weighted by Gasteiger charge is 2.54. The summed E-state index contributed by atoms with van der Waals surface area (Å²) < 4.78 is 33.8. The van der Waals surface area contributed by atoms with Gasteiger partial charge in [-0.15, -0.1) is 11.3 Å². The fourth-order valence-electron chi connectivity index (χ4n) is 2.84. The molecule has 0 saturated carbocycles. The van der Waals surface area contributed by atoms with Crippen molar-refractivity contribution in [1.82, 2.24) is 24.2 Å². The number of β-lactam (4-membered cyclic amide) rings is 1. The minimum absolute atomic E-state index is 0.0509. The van der Waals surface area contributed by atoms with Gasteiger partial charge in [-0.25, -0.2) is 18.9 Å². The van der Waals surface area contributed by atoms with Gasteiger partial charge in [-0.1, -0.05) is 5.16 Å². The lowest BCUT2D eigenvalue weighted by atomic mass is 9.98. The molecule has 1 aliphatic heterocycles. The highest BCUT2D eigenvalue weighted by molar-refractivity contribution is 7.84. The maximum Gasteiger partial charge on any atom is 0.362 e. The van der Waals surface area contributed by atoms with Crippen LogP contribution in [0.3, 0.4) is 0 Å². The largest absolute Gasteiger partial charge is 0.478 e. The number of thiazole rings is 1. The maximum absolute atomic E-state index is 13.0. The first-order valence-corrected chi connectivity index (χ1v) is 11.6. The number of nitrogens with two attached hydrogens (primary N) is 1. The monoisotopic (exact) mass is 517 g/mol. The first kappa shape index (κ1) is 24.9. The third-order valence-corrected chi connectivity index (χ3v) is 6.29. The van der Waals surface area contributed by atoms with Crippen molar-refractivity contribution >= 4 is 50.3 Å². The van der Waals surface area contributed by atoms with Crippen molar-refractivity contribution in [2.75, 3.05) is 5.73 Å². The number of aromatic nitrogens is 3. The second-order valence-electron chi connectivity index (χ2n) is 7.47. The second-order valence-corrected chi connectivity index (χ2v) is 9.64. The summed E-state index contributed by atoms with van der Waals surface area (Å²) in [7, 11) is -5.00. The molecule has 0 unspecified atom stereocenters. The van der Waals surface area contributed by atoms with Gasteiger partial charge >= 0.3 is 22.0 Å². The summed E-state index contributed by atoms with van der Waals surface area (Å²) in [6.45, 7) is 1.96. The Balaban J connectivity index is 1.90. The number of H-pyrrole nitrogens is 1. The van der Waals surface area contributed by atoms with Gasteiger partial charge in [-0.2, -0.15) is 8.42 Å². The molecule has 0 spiro atoms. The molecule has 2 aromatic heterocycles. The molecule has 16 nitrogen and oxygen atoms in total.